The Morgan fingerprint density at radius 1 is 1.50 bits per heavy atom. The molecular formula is C17H22O5. The van der Waals surface area contributed by atoms with Crippen molar-refractivity contribution in [2.45, 2.75) is 51.4 Å². The van der Waals surface area contributed by atoms with Crippen molar-refractivity contribution >= 4 is 11.9 Å². The summed E-state index contributed by atoms with van der Waals surface area (Å²) < 4.78 is 11.0. The number of esters is 2. The fourth-order valence-corrected chi connectivity index (χ4v) is 4.40. The third kappa shape index (κ3) is 2.19. The standard InChI is InChI=1S/C17H22O5/c1-8-5-6-11-13(8)15-14(9(2)16(19)22-15)12(21-10(3)18)7-17(11,4)20/h5,11-15,20H,2,6-7H2,1,3-4H3/t11-,12+,13+,14?,15-,17-/m1/s1. The molecular weight excluding hydrogens is 284 g/mol. The molecule has 1 unspecified atom stereocenters. The minimum Gasteiger partial charge on any atom is -0.462 e. The lowest BCUT2D eigenvalue weighted by molar-refractivity contribution is -0.152. The van der Waals surface area contributed by atoms with E-state index in [-0.39, 0.29) is 24.2 Å². The first-order valence-electron chi connectivity index (χ1n) is 7.68. The van der Waals surface area contributed by atoms with E-state index in [1.165, 1.54) is 6.92 Å². The van der Waals surface area contributed by atoms with Crippen LogP contribution in [0.3, 0.4) is 0 Å². The molecule has 0 aromatic rings. The summed E-state index contributed by atoms with van der Waals surface area (Å²) in [6, 6.07) is 0. The molecule has 5 heteroatoms. The van der Waals surface area contributed by atoms with Gasteiger partial charge in [-0.05, 0) is 20.3 Å². The second-order valence-electron chi connectivity index (χ2n) is 6.95. The van der Waals surface area contributed by atoms with Gasteiger partial charge in [-0.15, -0.1) is 0 Å². The predicted octanol–water partition coefficient (Wildman–Crippen LogP) is 1.75. The predicted molar refractivity (Wildman–Crippen MR) is 78.7 cm³/mol. The molecule has 3 rings (SSSR count). The van der Waals surface area contributed by atoms with E-state index < -0.39 is 29.7 Å². The van der Waals surface area contributed by atoms with Crippen molar-refractivity contribution < 1.29 is 24.2 Å². The van der Waals surface area contributed by atoms with Gasteiger partial charge in [0.1, 0.15) is 12.2 Å². The zero-order valence-electron chi connectivity index (χ0n) is 13.2. The van der Waals surface area contributed by atoms with Crippen molar-refractivity contribution in [3.05, 3.63) is 23.8 Å². The molecule has 1 saturated carbocycles. The number of allylic oxidation sites excluding steroid dienone is 1. The van der Waals surface area contributed by atoms with E-state index in [0.29, 0.717) is 5.57 Å². The molecule has 0 bridgehead atoms. The van der Waals surface area contributed by atoms with Gasteiger partial charge in [0.2, 0.25) is 0 Å². The third-order valence-electron chi connectivity index (χ3n) is 5.40. The molecule has 5 nitrogen and oxygen atoms in total. The Morgan fingerprint density at radius 3 is 2.82 bits per heavy atom. The molecule has 3 aliphatic rings. The number of hydrogen-bond acceptors (Lipinski definition) is 5. The van der Waals surface area contributed by atoms with Gasteiger partial charge in [0.05, 0.1) is 11.5 Å². The zero-order chi connectivity index (χ0) is 16.2. The number of hydrogen-bond donors (Lipinski definition) is 1. The zero-order valence-corrected chi connectivity index (χ0v) is 13.2. The molecule has 6 atom stereocenters. The Bertz CT molecular complexity index is 574. The Hall–Kier alpha value is -1.62. The highest BCUT2D eigenvalue weighted by atomic mass is 16.6. The summed E-state index contributed by atoms with van der Waals surface area (Å²) in [6.45, 7) is 8.95. The summed E-state index contributed by atoms with van der Waals surface area (Å²) in [7, 11) is 0. The van der Waals surface area contributed by atoms with Crippen LogP contribution in [-0.4, -0.2) is 34.9 Å². The minimum atomic E-state index is -0.990. The van der Waals surface area contributed by atoms with E-state index >= 15 is 0 Å². The van der Waals surface area contributed by atoms with Crippen LogP contribution in [0.15, 0.2) is 23.8 Å². The first-order chi connectivity index (χ1) is 10.2. The van der Waals surface area contributed by atoms with Crippen molar-refractivity contribution in [3.63, 3.8) is 0 Å². The van der Waals surface area contributed by atoms with Crippen molar-refractivity contribution in [2.75, 3.05) is 0 Å². The van der Waals surface area contributed by atoms with Gasteiger partial charge in [-0.1, -0.05) is 18.2 Å². The minimum absolute atomic E-state index is 0.0424. The topological polar surface area (TPSA) is 72.8 Å². The van der Waals surface area contributed by atoms with Gasteiger partial charge in [-0.25, -0.2) is 4.79 Å². The maximum Gasteiger partial charge on any atom is 0.334 e. The fourth-order valence-electron chi connectivity index (χ4n) is 4.40. The second kappa shape index (κ2) is 4.95. The average molecular weight is 306 g/mol. The van der Waals surface area contributed by atoms with E-state index in [1.54, 1.807) is 6.92 Å². The Balaban J connectivity index is 2.05. The third-order valence-corrected chi connectivity index (χ3v) is 5.40. The maximum absolute atomic E-state index is 12.0. The van der Waals surface area contributed by atoms with Gasteiger partial charge < -0.3 is 14.6 Å². The Kier molecular flexibility index (Phi) is 3.44. The molecule has 0 aromatic heterocycles. The van der Waals surface area contributed by atoms with Crippen LogP contribution in [0, 0.1) is 17.8 Å². The van der Waals surface area contributed by atoms with Gasteiger partial charge in [0.25, 0.3) is 0 Å². The lowest BCUT2D eigenvalue weighted by Crippen LogP contribution is -2.40. The van der Waals surface area contributed by atoms with E-state index in [4.69, 9.17) is 9.47 Å². The van der Waals surface area contributed by atoms with Crippen LogP contribution >= 0.6 is 0 Å². The molecule has 2 aliphatic carbocycles. The first-order valence-corrected chi connectivity index (χ1v) is 7.68. The van der Waals surface area contributed by atoms with Crippen molar-refractivity contribution in [1.82, 2.24) is 0 Å². The maximum atomic E-state index is 12.0. The van der Waals surface area contributed by atoms with E-state index in [9.17, 15) is 14.7 Å². The second-order valence-corrected chi connectivity index (χ2v) is 6.95. The molecule has 0 spiro atoms. The van der Waals surface area contributed by atoms with Crippen molar-refractivity contribution in [3.8, 4) is 0 Å². The number of carbonyl (C=O) groups is 2. The first kappa shape index (κ1) is 15.3. The van der Waals surface area contributed by atoms with Crippen molar-refractivity contribution in [1.29, 1.82) is 0 Å². The molecule has 22 heavy (non-hydrogen) atoms. The summed E-state index contributed by atoms with van der Waals surface area (Å²) in [5.41, 5.74) is 0.467. The molecule has 1 aliphatic heterocycles. The number of fused-ring (bicyclic) bond motifs is 3. The smallest absolute Gasteiger partial charge is 0.334 e. The molecule has 1 saturated heterocycles. The van der Waals surface area contributed by atoms with Crippen LogP contribution in [0.2, 0.25) is 0 Å². The van der Waals surface area contributed by atoms with E-state index in [1.807, 2.05) is 6.92 Å². The van der Waals surface area contributed by atoms with Gasteiger partial charge in [0, 0.05) is 30.8 Å². The number of ether oxygens (including phenoxy) is 2. The molecule has 0 radical (unpaired) electrons. The van der Waals surface area contributed by atoms with Crippen molar-refractivity contribution in [2.24, 2.45) is 17.8 Å². The molecule has 120 valence electrons. The monoisotopic (exact) mass is 306 g/mol. The summed E-state index contributed by atoms with van der Waals surface area (Å²) in [5, 5.41) is 10.9. The highest BCUT2D eigenvalue weighted by Gasteiger charge is 2.58. The number of carbonyl (C=O) groups excluding carboxylic acids is 2. The van der Waals surface area contributed by atoms with Crippen LogP contribution in [0.1, 0.15) is 33.6 Å². The number of rotatable bonds is 1. The van der Waals surface area contributed by atoms with Gasteiger partial charge in [0.15, 0.2) is 0 Å². The molecule has 1 N–H and O–H groups in total. The largest absolute Gasteiger partial charge is 0.462 e. The van der Waals surface area contributed by atoms with Gasteiger partial charge in [-0.2, -0.15) is 0 Å². The average Bonchev–Trinajstić information content (AvgIpc) is 2.87. The Morgan fingerprint density at radius 2 is 2.18 bits per heavy atom. The fraction of sp³-hybridized carbons (Fsp3) is 0.647. The quantitative estimate of drug-likeness (QED) is 0.454. The lowest BCUT2D eigenvalue weighted by Gasteiger charge is -2.34. The summed E-state index contributed by atoms with van der Waals surface area (Å²) in [6.07, 6.45) is 2.12. The Labute approximate surface area is 130 Å². The molecule has 0 amide bonds. The lowest BCUT2D eigenvalue weighted by atomic mass is 9.76. The number of aliphatic hydroxyl groups is 1. The van der Waals surface area contributed by atoms with Crippen LogP contribution in [0.5, 0.6) is 0 Å². The van der Waals surface area contributed by atoms with Gasteiger partial charge >= 0.3 is 11.9 Å². The highest BCUT2D eigenvalue weighted by Crippen LogP contribution is 2.52. The highest BCUT2D eigenvalue weighted by molar-refractivity contribution is 5.91. The summed E-state index contributed by atoms with van der Waals surface area (Å²) in [4.78, 5) is 23.4. The summed E-state index contributed by atoms with van der Waals surface area (Å²) >= 11 is 0. The molecule has 0 aromatic carbocycles. The van der Waals surface area contributed by atoms with Gasteiger partial charge in [-0.3, -0.25) is 4.79 Å². The van der Waals surface area contributed by atoms with Crippen LogP contribution in [-0.2, 0) is 19.1 Å². The molecule has 1 heterocycles. The normalized spacial score (nSPS) is 43.8. The van der Waals surface area contributed by atoms with Crippen LogP contribution in [0.4, 0.5) is 0 Å². The van der Waals surface area contributed by atoms with E-state index in [2.05, 4.69) is 12.7 Å². The van der Waals surface area contributed by atoms with E-state index in [0.717, 1.165) is 12.0 Å². The molecule has 2 fully saturated rings. The SMILES string of the molecule is C=C1C(=O)O[C@H]2C1[C@@H](OC(C)=O)C[C@@](C)(O)[C@@H]1CC=C(C)[C@@H]12. The van der Waals surface area contributed by atoms with Crippen LogP contribution < -0.4 is 0 Å². The van der Waals surface area contributed by atoms with Crippen LogP contribution in [0.25, 0.3) is 0 Å². The summed E-state index contributed by atoms with van der Waals surface area (Å²) in [5.74, 6) is -1.33.